The smallest absolute Gasteiger partial charge is 0.374 e. The number of rotatable bonds is 9. The Morgan fingerprint density at radius 3 is 2.31 bits per heavy atom. The summed E-state index contributed by atoms with van der Waals surface area (Å²) in [5, 5.41) is 12.3. The molecule has 1 aromatic heterocycles. The van der Waals surface area contributed by atoms with Crippen molar-refractivity contribution in [1.29, 1.82) is 0 Å². The van der Waals surface area contributed by atoms with Gasteiger partial charge in [0.2, 0.25) is 5.76 Å². The minimum Gasteiger partial charge on any atom is -0.458 e. The molecule has 3 fully saturated rings. The molecule has 218 valence electrons. The third kappa shape index (κ3) is 4.78. The first kappa shape index (κ1) is 29.6. The SMILES string of the molecule is CCCCCO[C@@H]1[C@H]2C[C@H](OC(=O)c3ccco3)[C@]3(C)[C@@H](OC(C)=O)[C@@H](OC(C)=O)C[C@@](C)(O)[C@@]13OC2(C)C. The molecule has 3 aliphatic rings. The quantitative estimate of drug-likeness (QED) is 0.274. The van der Waals surface area contributed by atoms with E-state index in [0.29, 0.717) is 13.0 Å². The molecule has 8 atom stereocenters. The van der Waals surface area contributed by atoms with Crippen molar-refractivity contribution in [3.05, 3.63) is 24.2 Å². The first-order chi connectivity index (χ1) is 18.2. The number of carbonyl (C=O) groups is 3. The molecule has 2 bridgehead atoms. The van der Waals surface area contributed by atoms with Crippen LogP contribution in [0.4, 0.5) is 0 Å². The number of aliphatic hydroxyl groups is 1. The van der Waals surface area contributed by atoms with Gasteiger partial charge in [-0.15, -0.1) is 0 Å². The molecule has 1 aliphatic heterocycles. The van der Waals surface area contributed by atoms with Crippen LogP contribution in [0.2, 0.25) is 0 Å². The van der Waals surface area contributed by atoms with Gasteiger partial charge < -0.3 is 33.2 Å². The maximum Gasteiger partial charge on any atom is 0.374 e. The summed E-state index contributed by atoms with van der Waals surface area (Å²) in [6.07, 6.45) is 0.783. The molecule has 0 radical (unpaired) electrons. The van der Waals surface area contributed by atoms with Gasteiger partial charge in [-0.2, -0.15) is 0 Å². The molecule has 10 nitrogen and oxygen atoms in total. The highest BCUT2D eigenvalue weighted by molar-refractivity contribution is 5.86. The van der Waals surface area contributed by atoms with Gasteiger partial charge in [0, 0.05) is 32.8 Å². The number of ether oxygens (including phenoxy) is 5. The van der Waals surface area contributed by atoms with Gasteiger partial charge >= 0.3 is 17.9 Å². The lowest BCUT2D eigenvalue weighted by Gasteiger charge is -2.65. The number of carbonyl (C=O) groups excluding carboxylic acids is 3. The monoisotopic (exact) mass is 550 g/mol. The lowest BCUT2D eigenvalue weighted by atomic mass is 9.47. The first-order valence-electron chi connectivity index (χ1n) is 13.8. The van der Waals surface area contributed by atoms with E-state index in [9.17, 15) is 19.5 Å². The highest BCUT2D eigenvalue weighted by Crippen LogP contribution is 2.68. The molecule has 1 spiro atoms. The maximum absolute atomic E-state index is 13.2. The predicted octanol–water partition coefficient (Wildman–Crippen LogP) is 3.97. The lowest BCUT2D eigenvalue weighted by molar-refractivity contribution is -0.347. The Kier molecular flexibility index (Phi) is 7.97. The summed E-state index contributed by atoms with van der Waals surface area (Å²) < 4.78 is 36.4. The summed E-state index contributed by atoms with van der Waals surface area (Å²) in [5.74, 6) is -2.15. The van der Waals surface area contributed by atoms with Crippen LogP contribution in [-0.2, 0) is 33.3 Å². The Morgan fingerprint density at radius 1 is 1.03 bits per heavy atom. The molecule has 39 heavy (non-hydrogen) atoms. The molecule has 0 unspecified atom stereocenters. The van der Waals surface area contributed by atoms with E-state index in [2.05, 4.69) is 6.92 Å². The molecular formula is C29H42O10. The van der Waals surface area contributed by atoms with Gasteiger partial charge in [-0.3, -0.25) is 9.59 Å². The van der Waals surface area contributed by atoms with E-state index >= 15 is 0 Å². The number of fused-ring (bicyclic) bond motifs is 1. The largest absolute Gasteiger partial charge is 0.458 e. The van der Waals surface area contributed by atoms with Crippen molar-refractivity contribution in [2.24, 2.45) is 11.3 Å². The van der Waals surface area contributed by atoms with Crippen molar-refractivity contribution >= 4 is 17.9 Å². The molecule has 10 heteroatoms. The number of hydrogen-bond acceptors (Lipinski definition) is 10. The van der Waals surface area contributed by atoms with Crippen molar-refractivity contribution in [1.82, 2.24) is 0 Å². The molecule has 1 aromatic rings. The molecule has 2 heterocycles. The Balaban J connectivity index is 1.89. The fourth-order valence-electron chi connectivity index (χ4n) is 7.40. The summed E-state index contributed by atoms with van der Waals surface area (Å²) in [7, 11) is 0. The van der Waals surface area contributed by atoms with Crippen LogP contribution in [-0.4, -0.2) is 70.8 Å². The van der Waals surface area contributed by atoms with E-state index in [4.69, 9.17) is 28.1 Å². The van der Waals surface area contributed by atoms with Crippen molar-refractivity contribution in [2.45, 2.75) is 122 Å². The Labute approximate surface area is 229 Å². The van der Waals surface area contributed by atoms with Gasteiger partial charge in [-0.05, 0) is 52.7 Å². The van der Waals surface area contributed by atoms with E-state index in [1.165, 1.54) is 26.2 Å². The molecule has 2 aliphatic carbocycles. The molecule has 1 saturated heterocycles. The average molecular weight is 551 g/mol. The molecular weight excluding hydrogens is 508 g/mol. The number of furan rings is 1. The van der Waals surface area contributed by atoms with Crippen LogP contribution >= 0.6 is 0 Å². The van der Waals surface area contributed by atoms with E-state index in [1.807, 2.05) is 13.8 Å². The van der Waals surface area contributed by atoms with Crippen LogP contribution in [0.1, 0.15) is 91.1 Å². The number of esters is 3. The fourth-order valence-corrected chi connectivity index (χ4v) is 7.40. The summed E-state index contributed by atoms with van der Waals surface area (Å²) in [5.41, 5.74) is -5.29. The zero-order valence-corrected chi connectivity index (χ0v) is 24.0. The number of hydrogen-bond donors (Lipinski definition) is 1. The maximum atomic E-state index is 13.2. The van der Waals surface area contributed by atoms with E-state index in [1.54, 1.807) is 19.9 Å². The fraction of sp³-hybridized carbons (Fsp3) is 0.759. The van der Waals surface area contributed by atoms with Crippen LogP contribution in [0.15, 0.2) is 22.8 Å². The van der Waals surface area contributed by atoms with Crippen molar-refractivity contribution in [3.8, 4) is 0 Å². The van der Waals surface area contributed by atoms with E-state index in [0.717, 1.165) is 19.3 Å². The second-order valence-electron chi connectivity index (χ2n) is 12.1. The van der Waals surface area contributed by atoms with Crippen molar-refractivity contribution in [2.75, 3.05) is 6.61 Å². The summed E-state index contributed by atoms with van der Waals surface area (Å²) in [6, 6.07) is 3.08. The van der Waals surface area contributed by atoms with Crippen LogP contribution in [0.25, 0.3) is 0 Å². The van der Waals surface area contributed by atoms with Crippen LogP contribution < -0.4 is 0 Å². The zero-order chi connectivity index (χ0) is 28.8. The normalized spacial score (nSPS) is 38.5. The van der Waals surface area contributed by atoms with Gasteiger partial charge in [0.1, 0.15) is 17.8 Å². The van der Waals surface area contributed by atoms with Gasteiger partial charge in [0.05, 0.1) is 29.0 Å². The summed E-state index contributed by atoms with van der Waals surface area (Å²) in [6.45, 7) is 12.3. The van der Waals surface area contributed by atoms with Crippen molar-refractivity contribution < 1.29 is 47.6 Å². The van der Waals surface area contributed by atoms with Gasteiger partial charge in [0.15, 0.2) is 6.10 Å². The van der Waals surface area contributed by atoms with E-state index in [-0.39, 0.29) is 18.1 Å². The zero-order valence-electron chi connectivity index (χ0n) is 24.0. The minimum absolute atomic E-state index is 0.0151. The van der Waals surface area contributed by atoms with Gasteiger partial charge in [-0.1, -0.05) is 19.8 Å². The van der Waals surface area contributed by atoms with Crippen molar-refractivity contribution in [3.63, 3.8) is 0 Å². The molecule has 1 N–H and O–H groups in total. The van der Waals surface area contributed by atoms with Gasteiger partial charge in [-0.25, -0.2) is 4.79 Å². The van der Waals surface area contributed by atoms with E-state index < -0.39 is 64.5 Å². The highest BCUT2D eigenvalue weighted by Gasteiger charge is 2.83. The third-order valence-corrected chi connectivity index (χ3v) is 8.97. The summed E-state index contributed by atoms with van der Waals surface area (Å²) in [4.78, 5) is 37.9. The Morgan fingerprint density at radius 2 is 1.72 bits per heavy atom. The van der Waals surface area contributed by atoms with Crippen LogP contribution in [0.5, 0.6) is 0 Å². The standard InChI is InChI=1S/C29H42O10/c1-8-9-10-13-35-23-19-15-22(38-25(32)20-12-11-14-34-20)28(7)24(37-18(3)31)21(36-17(2)30)16-27(6,33)29(23,28)39-26(19,4)5/h11-12,14,19,21-24,33H,8-10,13,15-16H2,1-7H3/t19-,21+,22+,23-,24+,27-,28-,29+/m1/s1. The van der Waals surface area contributed by atoms with Gasteiger partial charge in [0.25, 0.3) is 0 Å². The second kappa shape index (κ2) is 10.5. The Hall–Kier alpha value is -2.43. The second-order valence-corrected chi connectivity index (χ2v) is 12.1. The molecule has 0 amide bonds. The first-order valence-corrected chi connectivity index (χ1v) is 13.8. The topological polar surface area (TPSA) is 131 Å². The van der Waals surface area contributed by atoms with Crippen LogP contribution in [0.3, 0.4) is 0 Å². The third-order valence-electron chi connectivity index (χ3n) is 8.97. The summed E-state index contributed by atoms with van der Waals surface area (Å²) >= 11 is 0. The van der Waals surface area contributed by atoms with Crippen LogP contribution in [0, 0.1) is 11.3 Å². The lowest BCUT2D eigenvalue weighted by Crippen LogP contribution is -2.81. The molecule has 4 rings (SSSR count). The highest BCUT2D eigenvalue weighted by atomic mass is 16.6. The molecule has 0 aromatic carbocycles. The average Bonchev–Trinajstić information content (AvgIpc) is 3.42. The Bertz CT molecular complexity index is 1060. The number of unbranched alkanes of at least 4 members (excludes halogenated alkanes) is 2. The predicted molar refractivity (Wildman–Crippen MR) is 138 cm³/mol. The molecule has 2 saturated carbocycles. The minimum atomic E-state index is -1.63.